The van der Waals surface area contributed by atoms with Gasteiger partial charge in [0.05, 0.1) is 29.5 Å². The van der Waals surface area contributed by atoms with E-state index >= 15 is 0 Å². The summed E-state index contributed by atoms with van der Waals surface area (Å²) >= 11 is 0. The Balaban J connectivity index is 1.69. The summed E-state index contributed by atoms with van der Waals surface area (Å²) in [4.78, 5) is 53.2. The fourth-order valence-corrected chi connectivity index (χ4v) is 5.73. The molecule has 0 saturated carbocycles. The van der Waals surface area contributed by atoms with E-state index in [1.807, 2.05) is 0 Å². The lowest BCUT2D eigenvalue weighted by molar-refractivity contribution is 0.0444. The van der Waals surface area contributed by atoms with Gasteiger partial charge in [-0.15, -0.1) is 0 Å². The van der Waals surface area contributed by atoms with Crippen LogP contribution >= 0.6 is 0 Å². The van der Waals surface area contributed by atoms with Gasteiger partial charge in [0.2, 0.25) is 0 Å². The summed E-state index contributed by atoms with van der Waals surface area (Å²) in [6.07, 6.45) is -1.50. The second kappa shape index (κ2) is 8.93. The molecule has 1 aliphatic carbocycles. The molecule has 2 atom stereocenters. The van der Waals surface area contributed by atoms with Gasteiger partial charge in [-0.1, -0.05) is 0 Å². The van der Waals surface area contributed by atoms with E-state index in [9.17, 15) is 34.5 Å². The Morgan fingerprint density at radius 2 is 1.29 bits per heavy atom. The van der Waals surface area contributed by atoms with Crippen LogP contribution in [0.25, 0.3) is 32.7 Å². The van der Waals surface area contributed by atoms with Crippen molar-refractivity contribution < 1.29 is 43.2 Å². The van der Waals surface area contributed by atoms with Gasteiger partial charge in [0.15, 0.2) is 22.4 Å². The van der Waals surface area contributed by atoms with E-state index in [0.29, 0.717) is 5.76 Å². The SMILES string of the molecule is COc1cc2cc3oc(C)cc(=O)c3c(O)c2c(O)c1C1C(=O)c2c(cc3oc(C)cc(=O)c3c2O)C(=O)C1OC. The van der Waals surface area contributed by atoms with E-state index in [1.165, 1.54) is 45.4 Å². The van der Waals surface area contributed by atoms with Crippen LogP contribution in [0.15, 0.2) is 48.8 Å². The molecule has 0 radical (unpaired) electrons. The molecule has 5 aromatic rings. The number of methoxy groups -OCH3 is 2. The topological polar surface area (TPSA) is 174 Å². The van der Waals surface area contributed by atoms with Crippen molar-refractivity contribution in [2.45, 2.75) is 25.9 Å². The van der Waals surface area contributed by atoms with Gasteiger partial charge >= 0.3 is 0 Å². The molecule has 0 saturated heterocycles. The van der Waals surface area contributed by atoms with Crippen molar-refractivity contribution in [3.05, 3.63) is 79.0 Å². The highest BCUT2D eigenvalue weighted by Crippen LogP contribution is 2.50. The van der Waals surface area contributed by atoms with Crippen LogP contribution in [0.2, 0.25) is 0 Å². The van der Waals surface area contributed by atoms with Crippen LogP contribution in [-0.4, -0.2) is 47.2 Å². The second-order valence-corrected chi connectivity index (χ2v) is 9.86. The standard InChI is InChI=1S/C30H22O11/c1-10-5-14(31)21-17(40-10)8-12-7-16(38-3)23(27(35)19(12)26(21)34)24-29(37)20-13(25(33)30(24)39-4)9-18-22(28(20)36)15(32)6-11(2)41-18/h5-9,24,30,34-36H,1-4H3. The molecule has 0 bridgehead atoms. The number of benzene rings is 3. The molecule has 2 unspecified atom stereocenters. The predicted octanol–water partition coefficient (Wildman–Crippen LogP) is 3.97. The number of hydrogen-bond acceptors (Lipinski definition) is 11. The highest BCUT2D eigenvalue weighted by molar-refractivity contribution is 6.23. The molecule has 3 N–H and O–H groups in total. The van der Waals surface area contributed by atoms with Crippen LogP contribution in [0, 0.1) is 13.8 Å². The number of Topliss-reactive ketones (excluding diaryl/α,β-unsaturated/α-hetero) is 2. The van der Waals surface area contributed by atoms with Gasteiger partial charge in [-0.3, -0.25) is 19.2 Å². The Morgan fingerprint density at radius 1 is 0.707 bits per heavy atom. The smallest absolute Gasteiger partial charge is 0.196 e. The first-order valence-corrected chi connectivity index (χ1v) is 12.4. The highest BCUT2D eigenvalue weighted by atomic mass is 16.5. The van der Waals surface area contributed by atoms with Crippen molar-refractivity contribution in [1.82, 2.24) is 0 Å². The van der Waals surface area contributed by atoms with E-state index in [0.717, 1.165) is 6.07 Å². The average Bonchev–Trinajstić information content (AvgIpc) is 2.89. The van der Waals surface area contributed by atoms with Crippen molar-refractivity contribution in [3.63, 3.8) is 0 Å². The van der Waals surface area contributed by atoms with Crippen molar-refractivity contribution in [2.24, 2.45) is 0 Å². The van der Waals surface area contributed by atoms with Crippen LogP contribution in [0.4, 0.5) is 0 Å². The molecule has 208 valence electrons. The molecule has 11 heteroatoms. The molecule has 11 nitrogen and oxygen atoms in total. The Morgan fingerprint density at radius 3 is 1.88 bits per heavy atom. The summed E-state index contributed by atoms with van der Waals surface area (Å²) in [5.41, 5.74) is -2.09. The Labute approximate surface area is 229 Å². The zero-order valence-corrected chi connectivity index (χ0v) is 22.1. The number of aromatic hydroxyl groups is 3. The zero-order valence-electron chi connectivity index (χ0n) is 22.1. The van der Waals surface area contributed by atoms with Gasteiger partial charge in [-0.2, -0.15) is 0 Å². The van der Waals surface area contributed by atoms with Crippen LogP contribution < -0.4 is 15.6 Å². The van der Waals surface area contributed by atoms with Crippen LogP contribution in [-0.2, 0) is 4.74 Å². The lowest BCUT2D eigenvalue weighted by Crippen LogP contribution is -2.41. The Bertz CT molecular complexity index is 2120. The molecular formula is C30H22O11. The molecule has 0 fully saturated rings. The number of hydrogen-bond donors (Lipinski definition) is 3. The number of ether oxygens (including phenoxy) is 2. The molecule has 1 aliphatic rings. The third-order valence-electron chi connectivity index (χ3n) is 7.45. The van der Waals surface area contributed by atoms with Gasteiger partial charge < -0.3 is 33.6 Å². The molecule has 0 aliphatic heterocycles. The maximum Gasteiger partial charge on any atom is 0.196 e. The predicted molar refractivity (Wildman–Crippen MR) is 146 cm³/mol. The molecule has 0 amide bonds. The third-order valence-corrected chi connectivity index (χ3v) is 7.45. The Kier molecular flexibility index (Phi) is 5.68. The molecule has 2 heterocycles. The van der Waals surface area contributed by atoms with Crippen LogP contribution in [0.1, 0.15) is 43.7 Å². The maximum atomic E-state index is 14.1. The van der Waals surface area contributed by atoms with E-state index < -0.39 is 57.3 Å². The lowest BCUT2D eigenvalue weighted by Gasteiger charge is -2.32. The minimum Gasteiger partial charge on any atom is -0.507 e. The molecule has 3 aromatic carbocycles. The first-order valence-electron chi connectivity index (χ1n) is 12.4. The number of fused-ring (bicyclic) bond motifs is 4. The van der Waals surface area contributed by atoms with E-state index in [-0.39, 0.29) is 55.3 Å². The van der Waals surface area contributed by atoms with Gasteiger partial charge in [0.25, 0.3) is 0 Å². The van der Waals surface area contributed by atoms with Gasteiger partial charge in [-0.25, -0.2) is 0 Å². The summed E-state index contributed by atoms with van der Waals surface area (Å²) in [5.74, 6) is -4.66. The number of ketones is 2. The first kappa shape index (κ1) is 26.1. The fourth-order valence-electron chi connectivity index (χ4n) is 5.73. The van der Waals surface area contributed by atoms with Crippen molar-refractivity contribution in [1.29, 1.82) is 0 Å². The van der Waals surface area contributed by atoms with Gasteiger partial charge in [0.1, 0.15) is 62.6 Å². The summed E-state index contributed by atoms with van der Waals surface area (Å²) in [6.45, 7) is 3.10. The van der Waals surface area contributed by atoms with Crippen LogP contribution in [0.5, 0.6) is 23.0 Å². The summed E-state index contributed by atoms with van der Waals surface area (Å²) in [6, 6.07) is 6.37. The highest BCUT2D eigenvalue weighted by Gasteiger charge is 2.47. The number of rotatable bonds is 3. The van der Waals surface area contributed by atoms with Gasteiger partial charge in [0, 0.05) is 24.8 Å². The minimum atomic E-state index is -1.58. The monoisotopic (exact) mass is 558 g/mol. The summed E-state index contributed by atoms with van der Waals surface area (Å²) < 4.78 is 22.1. The number of carbonyl (C=O) groups excluding carboxylic acids is 2. The van der Waals surface area contributed by atoms with E-state index in [1.54, 1.807) is 6.92 Å². The quantitative estimate of drug-likeness (QED) is 0.273. The van der Waals surface area contributed by atoms with Crippen LogP contribution in [0.3, 0.4) is 0 Å². The average molecular weight is 558 g/mol. The molecule has 0 spiro atoms. The minimum absolute atomic E-state index is 0.0455. The number of phenols is 3. The zero-order chi connectivity index (χ0) is 29.5. The Hall–Kier alpha value is -5.16. The number of aryl methyl sites for hydroxylation is 2. The summed E-state index contributed by atoms with van der Waals surface area (Å²) in [7, 11) is 2.47. The number of carbonyl (C=O) groups is 2. The first-order chi connectivity index (χ1) is 19.5. The van der Waals surface area contributed by atoms with E-state index in [2.05, 4.69) is 0 Å². The molecule has 2 aromatic heterocycles. The molecule has 6 rings (SSSR count). The number of phenolic OH excluding ortho intramolecular Hbond substituents is 3. The van der Waals surface area contributed by atoms with Crippen molar-refractivity contribution >= 4 is 44.3 Å². The maximum absolute atomic E-state index is 14.1. The van der Waals surface area contributed by atoms with E-state index in [4.69, 9.17) is 18.3 Å². The second-order valence-electron chi connectivity index (χ2n) is 9.86. The molecule has 41 heavy (non-hydrogen) atoms. The lowest BCUT2D eigenvalue weighted by atomic mass is 9.74. The van der Waals surface area contributed by atoms with Crippen molar-refractivity contribution in [2.75, 3.05) is 14.2 Å². The summed E-state index contributed by atoms with van der Waals surface area (Å²) in [5, 5.41) is 33.3. The van der Waals surface area contributed by atoms with Crippen molar-refractivity contribution in [3.8, 4) is 23.0 Å². The normalized spacial score (nSPS) is 17.0. The fraction of sp³-hybridized carbons (Fsp3) is 0.200. The molecular weight excluding hydrogens is 536 g/mol. The third kappa shape index (κ3) is 3.55. The van der Waals surface area contributed by atoms with Gasteiger partial charge in [-0.05, 0) is 37.4 Å². The largest absolute Gasteiger partial charge is 0.507 e.